The molecule has 3 rings (SSSR count). The third kappa shape index (κ3) is 7.07. The van der Waals surface area contributed by atoms with Crippen molar-refractivity contribution in [3.8, 4) is 17.1 Å². The second-order valence-corrected chi connectivity index (χ2v) is 10.2. The second-order valence-electron chi connectivity index (χ2n) is 10.2. The van der Waals surface area contributed by atoms with Gasteiger partial charge in [0.05, 0.1) is 6.10 Å². The van der Waals surface area contributed by atoms with Crippen LogP contribution >= 0.6 is 0 Å². The Bertz CT molecular complexity index is 945. The molecule has 180 valence electrons. The van der Waals surface area contributed by atoms with Gasteiger partial charge in [0.25, 0.3) is 0 Å². The Hall–Kier alpha value is -2.83. The van der Waals surface area contributed by atoms with Crippen LogP contribution in [0.5, 0.6) is 5.75 Å². The number of hydrogen-bond donors (Lipinski definition) is 1. The first-order valence-corrected chi connectivity index (χ1v) is 11.9. The van der Waals surface area contributed by atoms with Gasteiger partial charge in [-0.05, 0) is 83.2 Å². The van der Waals surface area contributed by atoms with Gasteiger partial charge in [-0.15, -0.1) is 0 Å². The van der Waals surface area contributed by atoms with E-state index in [-0.39, 0.29) is 18.2 Å². The fourth-order valence-corrected chi connectivity index (χ4v) is 3.89. The number of nitrogens with one attached hydrogen (secondary N) is 1. The van der Waals surface area contributed by atoms with E-state index in [1.807, 2.05) is 59.0 Å². The SMILES string of the molecule is CC(C)Oc1ccc(-c2nccc(N3CCC(NC(=O)OC(C)(C)C)CC3)n2)cc1C(C)C. The summed E-state index contributed by atoms with van der Waals surface area (Å²) < 4.78 is 11.4. The lowest BCUT2D eigenvalue weighted by Crippen LogP contribution is -2.46. The average molecular weight is 455 g/mol. The van der Waals surface area contributed by atoms with E-state index >= 15 is 0 Å². The van der Waals surface area contributed by atoms with Crippen molar-refractivity contribution in [1.82, 2.24) is 15.3 Å². The number of carbonyl (C=O) groups excluding carboxylic acids is 1. The Morgan fingerprint density at radius 1 is 1.12 bits per heavy atom. The number of amides is 1. The van der Waals surface area contributed by atoms with Crippen LogP contribution in [0.4, 0.5) is 10.6 Å². The van der Waals surface area contributed by atoms with Crippen LogP contribution in [0.15, 0.2) is 30.5 Å². The van der Waals surface area contributed by atoms with E-state index in [0.717, 1.165) is 48.6 Å². The normalized spacial score (nSPS) is 15.1. The molecule has 33 heavy (non-hydrogen) atoms. The predicted molar refractivity (Wildman–Crippen MR) is 132 cm³/mol. The zero-order chi connectivity index (χ0) is 24.2. The summed E-state index contributed by atoms with van der Waals surface area (Å²) in [6, 6.07) is 8.25. The van der Waals surface area contributed by atoms with Crippen LogP contribution in [0.3, 0.4) is 0 Å². The van der Waals surface area contributed by atoms with Gasteiger partial charge < -0.3 is 19.7 Å². The molecule has 1 aliphatic rings. The quantitative estimate of drug-likeness (QED) is 0.617. The third-order valence-corrected chi connectivity index (χ3v) is 5.43. The Labute approximate surface area is 197 Å². The van der Waals surface area contributed by atoms with Gasteiger partial charge in [0, 0.05) is 30.9 Å². The molecule has 0 aliphatic carbocycles. The molecule has 0 atom stereocenters. The molecule has 0 spiro atoms. The molecule has 1 aromatic heterocycles. The largest absolute Gasteiger partial charge is 0.491 e. The number of rotatable bonds is 6. The highest BCUT2D eigenvalue weighted by atomic mass is 16.6. The maximum Gasteiger partial charge on any atom is 0.407 e. The Kier molecular flexibility index (Phi) is 7.82. The summed E-state index contributed by atoms with van der Waals surface area (Å²) in [5.41, 5.74) is 1.65. The standard InChI is InChI=1S/C26H38N4O3/c1-17(2)21-16-19(8-9-22(21)32-18(3)4)24-27-13-10-23(29-24)30-14-11-20(12-15-30)28-25(31)33-26(5,6)7/h8-10,13,16-18,20H,11-12,14-15H2,1-7H3,(H,28,31). The summed E-state index contributed by atoms with van der Waals surface area (Å²) in [5.74, 6) is 2.86. The van der Waals surface area contributed by atoms with Crippen molar-refractivity contribution < 1.29 is 14.3 Å². The fraction of sp³-hybridized carbons (Fsp3) is 0.577. The van der Waals surface area contributed by atoms with Crippen LogP contribution in [-0.2, 0) is 4.74 Å². The van der Waals surface area contributed by atoms with Gasteiger partial charge in [-0.25, -0.2) is 14.8 Å². The van der Waals surface area contributed by atoms with E-state index in [2.05, 4.69) is 35.1 Å². The van der Waals surface area contributed by atoms with Crippen LogP contribution < -0.4 is 15.0 Å². The predicted octanol–water partition coefficient (Wildman–Crippen LogP) is 5.55. The lowest BCUT2D eigenvalue weighted by atomic mass is 9.99. The lowest BCUT2D eigenvalue weighted by Gasteiger charge is -2.33. The highest BCUT2D eigenvalue weighted by Gasteiger charge is 2.24. The van der Waals surface area contributed by atoms with Gasteiger partial charge in [-0.2, -0.15) is 0 Å². The van der Waals surface area contributed by atoms with E-state index in [9.17, 15) is 4.79 Å². The summed E-state index contributed by atoms with van der Waals surface area (Å²) in [6.45, 7) is 15.7. The minimum atomic E-state index is -0.489. The molecule has 2 heterocycles. The fourth-order valence-electron chi connectivity index (χ4n) is 3.89. The van der Waals surface area contributed by atoms with Gasteiger partial charge in [0.15, 0.2) is 5.82 Å². The first-order chi connectivity index (χ1) is 15.5. The zero-order valence-corrected chi connectivity index (χ0v) is 21.0. The molecule has 1 saturated heterocycles. The highest BCUT2D eigenvalue weighted by molar-refractivity contribution is 5.68. The maximum absolute atomic E-state index is 12.1. The number of ether oxygens (including phenoxy) is 2. The van der Waals surface area contributed by atoms with Crippen molar-refractivity contribution in [2.45, 2.75) is 85.0 Å². The molecule has 7 heteroatoms. The first kappa shape index (κ1) is 24.8. The topological polar surface area (TPSA) is 76.6 Å². The van der Waals surface area contributed by atoms with Crippen molar-refractivity contribution in [3.05, 3.63) is 36.0 Å². The number of alkyl carbamates (subject to hydrolysis) is 1. The van der Waals surface area contributed by atoms with Gasteiger partial charge in [0.1, 0.15) is 17.2 Å². The Morgan fingerprint density at radius 3 is 2.42 bits per heavy atom. The van der Waals surface area contributed by atoms with Gasteiger partial charge >= 0.3 is 6.09 Å². The molecule has 1 N–H and O–H groups in total. The summed E-state index contributed by atoms with van der Waals surface area (Å²) in [6.07, 6.45) is 3.28. The molecular weight excluding hydrogens is 416 g/mol. The number of anilines is 1. The molecule has 0 bridgehead atoms. The van der Waals surface area contributed by atoms with Crippen molar-refractivity contribution in [3.63, 3.8) is 0 Å². The van der Waals surface area contributed by atoms with Crippen LogP contribution in [0.1, 0.15) is 72.8 Å². The van der Waals surface area contributed by atoms with Crippen molar-refractivity contribution in [2.24, 2.45) is 0 Å². The van der Waals surface area contributed by atoms with E-state index in [0.29, 0.717) is 11.7 Å². The third-order valence-electron chi connectivity index (χ3n) is 5.43. The Morgan fingerprint density at radius 2 is 1.82 bits per heavy atom. The molecule has 1 aliphatic heterocycles. The van der Waals surface area contributed by atoms with Crippen molar-refractivity contribution in [2.75, 3.05) is 18.0 Å². The maximum atomic E-state index is 12.1. The van der Waals surface area contributed by atoms with Crippen LogP contribution in [0.2, 0.25) is 0 Å². The number of benzene rings is 1. The molecule has 0 saturated carbocycles. The molecule has 1 aromatic carbocycles. The number of carbonyl (C=O) groups is 1. The molecule has 0 unspecified atom stereocenters. The average Bonchev–Trinajstić information content (AvgIpc) is 2.72. The molecular formula is C26H38N4O3. The van der Waals surface area contributed by atoms with Gasteiger partial charge in [0.2, 0.25) is 0 Å². The highest BCUT2D eigenvalue weighted by Crippen LogP contribution is 2.32. The Balaban J connectivity index is 1.68. The van der Waals surface area contributed by atoms with Crippen LogP contribution in [0, 0.1) is 0 Å². The van der Waals surface area contributed by atoms with E-state index in [1.165, 1.54) is 0 Å². The monoisotopic (exact) mass is 454 g/mol. The molecule has 1 fully saturated rings. The van der Waals surface area contributed by atoms with Crippen LogP contribution in [0.25, 0.3) is 11.4 Å². The lowest BCUT2D eigenvalue weighted by molar-refractivity contribution is 0.0497. The zero-order valence-electron chi connectivity index (χ0n) is 21.0. The smallest absolute Gasteiger partial charge is 0.407 e. The summed E-state index contributed by atoms with van der Waals surface area (Å²) in [5, 5.41) is 2.99. The number of piperidine rings is 1. The summed E-state index contributed by atoms with van der Waals surface area (Å²) in [4.78, 5) is 23.7. The molecule has 1 amide bonds. The van der Waals surface area contributed by atoms with E-state index in [1.54, 1.807) is 0 Å². The minimum absolute atomic E-state index is 0.111. The summed E-state index contributed by atoms with van der Waals surface area (Å²) in [7, 11) is 0. The van der Waals surface area contributed by atoms with E-state index < -0.39 is 5.60 Å². The molecule has 7 nitrogen and oxygen atoms in total. The van der Waals surface area contributed by atoms with Gasteiger partial charge in [-0.3, -0.25) is 0 Å². The first-order valence-electron chi connectivity index (χ1n) is 11.9. The minimum Gasteiger partial charge on any atom is -0.491 e. The number of hydrogen-bond acceptors (Lipinski definition) is 6. The van der Waals surface area contributed by atoms with Gasteiger partial charge in [-0.1, -0.05) is 13.8 Å². The van der Waals surface area contributed by atoms with Crippen LogP contribution in [-0.4, -0.2) is 46.9 Å². The van der Waals surface area contributed by atoms with E-state index in [4.69, 9.17) is 14.5 Å². The number of nitrogens with zero attached hydrogens (tertiary/aromatic N) is 3. The number of aromatic nitrogens is 2. The molecule has 2 aromatic rings. The van der Waals surface area contributed by atoms with Crippen molar-refractivity contribution >= 4 is 11.9 Å². The molecule has 0 radical (unpaired) electrons. The summed E-state index contributed by atoms with van der Waals surface area (Å²) >= 11 is 0. The van der Waals surface area contributed by atoms with Crippen molar-refractivity contribution in [1.29, 1.82) is 0 Å². The second kappa shape index (κ2) is 10.4.